The Balaban J connectivity index is 2.34. The highest BCUT2D eigenvalue weighted by molar-refractivity contribution is 5.35. The first-order chi connectivity index (χ1) is 7.77. The summed E-state index contributed by atoms with van der Waals surface area (Å²) in [7, 11) is 3.32. The van der Waals surface area contributed by atoms with Crippen molar-refractivity contribution < 1.29 is 14.3 Å². The Hall–Kier alpha value is -1.10. The monoisotopic (exact) mass is 225 g/mol. The molecule has 0 radical (unpaired) electrons. The maximum Gasteiger partial charge on any atom is 0.121 e. The fraction of sp³-hybridized carbons (Fsp3) is 0.500. The Morgan fingerprint density at radius 3 is 2.62 bits per heavy atom. The van der Waals surface area contributed by atoms with Crippen molar-refractivity contribution >= 4 is 0 Å². The molecule has 16 heavy (non-hydrogen) atoms. The first-order valence-corrected chi connectivity index (χ1v) is 5.25. The molecule has 0 unspecified atom stereocenters. The van der Waals surface area contributed by atoms with E-state index < -0.39 is 0 Å². The van der Waals surface area contributed by atoms with Gasteiger partial charge in [0.05, 0.1) is 20.3 Å². The number of hydrogen-bond donors (Lipinski definition) is 1. The van der Waals surface area contributed by atoms with Crippen molar-refractivity contribution in [3.63, 3.8) is 0 Å². The van der Waals surface area contributed by atoms with E-state index in [1.54, 1.807) is 14.2 Å². The van der Waals surface area contributed by atoms with Crippen LogP contribution in [0.4, 0.5) is 0 Å². The summed E-state index contributed by atoms with van der Waals surface area (Å²) < 4.78 is 10.1. The van der Waals surface area contributed by atoms with Gasteiger partial charge >= 0.3 is 0 Å². The lowest BCUT2D eigenvalue weighted by molar-refractivity contribution is 0.00345. The molecule has 0 spiro atoms. The highest BCUT2D eigenvalue weighted by Crippen LogP contribution is 2.18. The minimum absolute atomic E-state index is 0.547. The molecule has 0 aromatic heterocycles. The molecule has 0 aliphatic rings. The summed E-state index contributed by atoms with van der Waals surface area (Å²) in [5.74, 6) is 0.907. The second-order valence-corrected chi connectivity index (χ2v) is 3.47. The number of hydroxylamine groups is 1. The fourth-order valence-electron chi connectivity index (χ4n) is 1.38. The Morgan fingerprint density at radius 2 is 2.00 bits per heavy atom. The van der Waals surface area contributed by atoms with Crippen LogP contribution in [0.1, 0.15) is 11.1 Å². The zero-order chi connectivity index (χ0) is 11.8. The van der Waals surface area contributed by atoms with Crippen molar-refractivity contribution in [2.45, 2.75) is 13.5 Å². The Morgan fingerprint density at radius 1 is 1.19 bits per heavy atom. The molecule has 0 aliphatic heterocycles. The molecule has 0 heterocycles. The summed E-state index contributed by atoms with van der Waals surface area (Å²) in [6.45, 7) is 3.84. The summed E-state index contributed by atoms with van der Waals surface area (Å²) in [5, 5.41) is 0. The molecule has 90 valence electrons. The molecule has 0 aliphatic carbocycles. The van der Waals surface area contributed by atoms with Crippen LogP contribution in [0.25, 0.3) is 0 Å². The molecule has 1 aromatic rings. The lowest BCUT2D eigenvalue weighted by Gasteiger charge is -2.08. The molecule has 0 saturated carbocycles. The maximum atomic E-state index is 5.19. The summed E-state index contributed by atoms with van der Waals surface area (Å²) in [4.78, 5) is 5.17. The molecule has 0 amide bonds. The van der Waals surface area contributed by atoms with Gasteiger partial charge in [-0.15, -0.1) is 0 Å². The molecular weight excluding hydrogens is 206 g/mol. The van der Waals surface area contributed by atoms with Crippen LogP contribution in [0.3, 0.4) is 0 Å². The minimum Gasteiger partial charge on any atom is -0.496 e. The van der Waals surface area contributed by atoms with E-state index in [0.717, 1.165) is 16.9 Å². The van der Waals surface area contributed by atoms with Gasteiger partial charge in [-0.3, -0.25) is 4.84 Å². The maximum absolute atomic E-state index is 5.19. The third-order valence-electron chi connectivity index (χ3n) is 2.23. The number of methoxy groups -OCH3 is 2. The molecule has 1 aromatic carbocycles. The van der Waals surface area contributed by atoms with Gasteiger partial charge in [0.25, 0.3) is 0 Å². The normalized spacial score (nSPS) is 10.4. The van der Waals surface area contributed by atoms with Crippen molar-refractivity contribution in [1.29, 1.82) is 0 Å². The topological polar surface area (TPSA) is 39.7 Å². The van der Waals surface area contributed by atoms with Crippen molar-refractivity contribution in [1.82, 2.24) is 5.48 Å². The molecule has 0 fully saturated rings. The standard InChI is InChI=1S/C12H19NO3/c1-10-8-11(4-5-12(10)15-3)9-13-16-7-6-14-2/h4-5,8,13H,6-7,9H2,1-3H3. The van der Waals surface area contributed by atoms with Crippen molar-refractivity contribution in [3.05, 3.63) is 29.3 Å². The zero-order valence-corrected chi connectivity index (χ0v) is 10.1. The number of ether oxygens (including phenoxy) is 2. The average molecular weight is 225 g/mol. The summed E-state index contributed by atoms with van der Waals surface area (Å²) >= 11 is 0. The van der Waals surface area contributed by atoms with Crippen molar-refractivity contribution in [2.24, 2.45) is 0 Å². The summed E-state index contributed by atoms with van der Waals surface area (Å²) in [6.07, 6.45) is 0. The van der Waals surface area contributed by atoms with Crippen LogP contribution >= 0.6 is 0 Å². The van der Waals surface area contributed by atoms with Crippen LogP contribution in [0, 0.1) is 6.92 Å². The van der Waals surface area contributed by atoms with Crippen LogP contribution in [-0.4, -0.2) is 27.4 Å². The first-order valence-electron chi connectivity index (χ1n) is 5.25. The van der Waals surface area contributed by atoms with Gasteiger partial charge in [0.1, 0.15) is 5.75 Å². The first kappa shape index (κ1) is 13.0. The Labute approximate surface area is 96.5 Å². The quantitative estimate of drug-likeness (QED) is 0.566. The van der Waals surface area contributed by atoms with Crippen molar-refractivity contribution in [2.75, 3.05) is 27.4 Å². The smallest absolute Gasteiger partial charge is 0.121 e. The van der Waals surface area contributed by atoms with E-state index in [1.807, 2.05) is 19.1 Å². The largest absolute Gasteiger partial charge is 0.496 e. The van der Waals surface area contributed by atoms with Crippen LogP contribution < -0.4 is 10.2 Å². The van der Waals surface area contributed by atoms with E-state index in [2.05, 4.69) is 11.5 Å². The molecule has 4 nitrogen and oxygen atoms in total. The predicted molar refractivity (Wildman–Crippen MR) is 62.4 cm³/mol. The van der Waals surface area contributed by atoms with E-state index in [1.165, 1.54) is 0 Å². The molecule has 1 rings (SSSR count). The Kier molecular flexibility index (Phi) is 5.85. The third-order valence-corrected chi connectivity index (χ3v) is 2.23. The number of rotatable bonds is 7. The second kappa shape index (κ2) is 7.22. The molecular formula is C12H19NO3. The zero-order valence-electron chi connectivity index (χ0n) is 10.1. The second-order valence-electron chi connectivity index (χ2n) is 3.47. The van der Waals surface area contributed by atoms with Gasteiger partial charge in [-0.05, 0) is 24.1 Å². The molecule has 0 bridgehead atoms. The molecule has 0 saturated heterocycles. The van der Waals surface area contributed by atoms with Gasteiger partial charge in [0.2, 0.25) is 0 Å². The van der Waals surface area contributed by atoms with Gasteiger partial charge in [0.15, 0.2) is 0 Å². The molecule has 4 heteroatoms. The van der Waals surface area contributed by atoms with Gasteiger partial charge < -0.3 is 9.47 Å². The van der Waals surface area contributed by atoms with E-state index in [9.17, 15) is 0 Å². The van der Waals surface area contributed by atoms with E-state index >= 15 is 0 Å². The average Bonchev–Trinajstić information content (AvgIpc) is 2.29. The lowest BCUT2D eigenvalue weighted by Crippen LogP contribution is -2.17. The highest BCUT2D eigenvalue weighted by atomic mass is 16.7. The predicted octanol–water partition coefficient (Wildman–Crippen LogP) is 1.67. The van der Waals surface area contributed by atoms with Crippen molar-refractivity contribution in [3.8, 4) is 5.75 Å². The highest BCUT2D eigenvalue weighted by Gasteiger charge is 1.99. The SMILES string of the molecule is COCCONCc1ccc(OC)c(C)c1. The van der Waals surface area contributed by atoms with Crippen LogP contribution in [0.2, 0.25) is 0 Å². The van der Waals surface area contributed by atoms with E-state index in [-0.39, 0.29) is 0 Å². The minimum atomic E-state index is 0.547. The van der Waals surface area contributed by atoms with Gasteiger partial charge in [-0.1, -0.05) is 12.1 Å². The third kappa shape index (κ3) is 4.18. The number of nitrogens with one attached hydrogen (secondary N) is 1. The van der Waals surface area contributed by atoms with Gasteiger partial charge in [-0.2, -0.15) is 5.48 Å². The fourth-order valence-corrected chi connectivity index (χ4v) is 1.38. The van der Waals surface area contributed by atoms with Crippen LogP contribution in [0.5, 0.6) is 5.75 Å². The Bertz CT molecular complexity index is 315. The van der Waals surface area contributed by atoms with E-state index in [4.69, 9.17) is 14.3 Å². The van der Waals surface area contributed by atoms with Crippen LogP contribution in [-0.2, 0) is 16.1 Å². The molecule has 0 atom stereocenters. The summed E-state index contributed by atoms with van der Waals surface area (Å²) in [5.41, 5.74) is 5.17. The lowest BCUT2D eigenvalue weighted by atomic mass is 10.1. The molecule has 1 N–H and O–H groups in total. The number of hydrogen-bond acceptors (Lipinski definition) is 4. The van der Waals surface area contributed by atoms with Gasteiger partial charge in [-0.25, -0.2) is 0 Å². The number of benzene rings is 1. The van der Waals surface area contributed by atoms with Gasteiger partial charge in [0, 0.05) is 13.7 Å². The summed E-state index contributed by atoms with van der Waals surface area (Å²) in [6, 6.07) is 6.05. The van der Waals surface area contributed by atoms with E-state index in [0.29, 0.717) is 19.8 Å². The number of aryl methyl sites for hydroxylation is 1. The van der Waals surface area contributed by atoms with Crippen LogP contribution in [0.15, 0.2) is 18.2 Å².